The smallest absolute Gasteiger partial charge is 0.266 e. The van der Waals surface area contributed by atoms with Gasteiger partial charge in [0.15, 0.2) is 0 Å². The van der Waals surface area contributed by atoms with E-state index in [1.54, 1.807) is 6.08 Å². The Morgan fingerprint density at radius 1 is 0.968 bits per heavy atom. The van der Waals surface area contributed by atoms with Gasteiger partial charge in [-0.3, -0.25) is 4.79 Å². The molecule has 0 atom stereocenters. The maximum Gasteiger partial charge on any atom is 0.266 e. The summed E-state index contributed by atoms with van der Waals surface area (Å²) in [5.74, 6) is 0.306. The van der Waals surface area contributed by atoms with Gasteiger partial charge in [0.25, 0.3) is 5.91 Å². The number of unbranched alkanes of at least 4 members (excludes halogenated alkanes) is 1. The molecule has 0 fully saturated rings. The third-order valence-corrected chi connectivity index (χ3v) is 4.84. The second kappa shape index (κ2) is 11.4. The molecule has 0 aromatic heterocycles. The van der Waals surface area contributed by atoms with Crippen molar-refractivity contribution in [3.8, 4) is 11.8 Å². The Labute approximate surface area is 183 Å². The molecule has 3 rings (SSSR count). The van der Waals surface area contributed by atoms with Crippen molar-refractivity contribution in [1.29, 1.82) is 5.26 Å². The minimum absolute atomic E-state index is 0.0491. The average Bonchev–Trinajstić information content (AvgIpc) is 2.82. The molecule has 31 heavy (non-hydrogen) atoms. The molecule has 0 aliphatic heterocycles. The molecule has 0 radical (unpaired) electrons. The SMILES string of the molecule is CCCCc1ccc(NC(=O)/C(C#N)=C/c2ccc(OCc3ccccc3)cc2)cc1. The molecular formula is C27H26N2O2. The fourth-order valence-electron chi connectivity index (χ4n) is 3.05. The van der Waals surface area contributed by atoms with Gasteiger partial charge in [0.1, 0.15) is 24.0 Å². The summed E-state index contributed by atoms with van der Waals surface area (Å²) in [5.41, 5.74) is 3.82. The second-order valence-corrected chi connectivity index (χ2v) is 7.27. The van der Waals surface area contributed by atoms with Gasteiger partial charge >= 0.3 is 0 Å². The van der Waals surface area contributed by atoms with Crippen LogP contribution in [0.25, 0.3) is 6.08 Å². The van der Waals surface area contributed by atoms with E-state index in [1.807, 2.05) is 84.9 Å². The van der Waals surface area contributed by atoms with E-state index in [4.69, 9.17) is 4.74 Å². The highest BCUT2D eigenvalue weighted by atomic mass is 16.5. The number of rotatable bonds is 9. The molecule has 0 aliphatic rings. The number of benzene rings is 3. The van der Waals surface area contributed by atoms with E-state index >= 15 is 0 Å². The molecule has 0 aliphatic carbocycles. The number of nitrogens with zero attached hydrogens (tertiary/aromatic N) is 1. The summed E-state index contributed by atoms with van der Waals surface area (Å²) >= 11 is 0. The van der Waals surface area contributed by atoms with Crippen molar-refractivity contribution in [2.45, 2.75) is 32.8 Å². The van der Waals surface area contributed by atoms with E-state index < -0.39 is 5.91 Å². The number of carbonyl (C=O) groups is 1. The van der Waals surface area contributed by atoms with Crippen LogP contribution in [0.3, 0.4) is 0 Å². The quantitative estimate of drug-likeness (QED) is 0.340. The van der Waals surface area contributed by atoms with Crippen LogP contribution in [0.4, 0.5) is 5.69 Å². The van der Waals surface area contributed by atoms with Crippen LogP contribution in [0.2, 0.25) is 0 Å². The van der Waals surface area contributed by atoms with Crippen LogP contribution in [0, 0.1) is 11.3 Å². The van der Waals surface area contributed by atoms with Gasteiger partial charge in [-0.1, -0.05) is 67.9 Å². The summed E-state index contributed by atoms with van der Waals surface area (Å²) in [6.07, 6.45) is 4.89. The Morgan fingerprint density at radius 3 is 2.32 bits per heavy atom. The Balaban J connectivity index is 1.59. The van der Waals surface area contributed by atoms with E-state index in [0.717, 1.165) is 36.1 Å². The number of amides is 1. The summed E-state index contributed by atoms with van der Waals surface area (Å²) in [5, 5.41) is 12.2. The lowest BCUT2D eigenvalue weighted by Gasteiger charge is -2.07. The van der Waals surface area contributed by atoms with E-state index in [0.29, 0.717) is 12.3 Å². The van der Waals surface area contributed by atoms with Gasteiger partial charge in [0.2, 0.25) is 0 Å². The number of nitrogens with one attached hydrogen (secondary N) is 1. The molecule has 0 saturated heterocycles. The summed E-state index contributed by atoms with van der Waals surface area (Å²) in [7, 11) is 0. The predicted molar refractivity (Wildman–Crippen MR) is 124 cm³/mol. The van der Waals surface area contributed by atoms with Crippen LogP contribution in [0.1, 0.15) is 36.5 Å². The van der Waals surface area contributed by atoms with Crippen LogP contribution in [0.15, 0.2) is 84.4 Å². The van der Waals surface area contributed by atoms with Crippen molar-refractivity contribution in [2.24, 2.45) is 0 Å². The minimum atomic E-state index is -0.423. The molecule has 0 bridgehead atoms. The van der Waals surface area contributed by atoms with Crippen molar-refractivity contribution in [3.63, 3.8) is 0 Å². The number of nitriles is 1. The molecular weight excluding hydrogens is 384 g/mol. The first-order valence-electron chi connectivity index (χ1n) is 10.5. The lowest BCUT2D eigenvalue weighted by atomic mass is 10.1. The van der Waals surface area contributed by atoms with Crippen LogP contribution < -0.4 is 10.1 Å². The van der Waals surface area contributed by atoms with Gasteiger partial charge in [-0.2, -0.15) is 5.26 Å². The van der Waals surface area contributed by atoms with Crippen molar-refractivity contribution >= 4 is 17.7 Å². The van der Waals surface area contributed by atoms with Crippen molar-refractivity contribution in [2.75, 3.05) is 5.32 Å². The molecule has 0 unspecified atom stereocenters. The highest BCUT2D eigenvalue weighted by Crippen LogP contribution is 2.17. The van der Waals surface area contributed by atoms with Crippen LogP contribution in [-0.4, -0.2) is 5.91 Å². The summed E-state index contributed by atoms with van der Waals surface area (Å²) < 4.78 is 5.77. The predicted octanol–water partition coefficient (Wildman–Crippen LogP) is 6.15. The van der Waals surface area contributed by atoms with E-state index in [9.17, 15) is 10.1 Å². The zero-order valence-electron chi connectivity index (χ0n) is 17.7. The number of aryl methyl sites for hydroxylation is 1. The highest BCUT2D eigenvalue weighted by Gasteiger charge is 2.10. The fraction of sp³-hybridized carbons (Fsp3) is 0.185. The molecule has 0 heterocycles. The average molecular weight is 411 g/mol. The fourth-order valence-corrected chi connectivity index (χ4v) is 3.05. The molecule has 0 saturated carbocycles. The molecule has 3 aromatic carbocycles. The Hall–Kier alpha value is -3.84. The zero-order chi connectivity index (χ0) is 21.9. The topological polar surface area (TPSA) is 62.1 Å². The Bertz CT molecular complexity index is 1050. The minimum Gasteiger partial charge on any atom is -0.489 e. The largest absolute Gasteiger partial charge is 0.489 e. The number of anilines is 1. The van der Waals surface area contributed by atoms with Gasteiger partial charge in [0, 0.05) is 5.69 Å². The van der Waals surface area contributed by atoms with Gasteiger partial charge in [0.05, 0.1) is 0 Å². The first kappa shape index (κ1) is 21.9. The summed E-state index contributed by atoms with van der Waals surface area (Å²) in [4.78, 5) is 12.5. The lowest BCUT2D eigenvalue weighted by molar-refractivity contribution is -0.112. The lowest BCUT2D eigenvalue weighted by Crippen LogP contribution is -2.13. The summed E-state index contributed by atoms with van der Waals surface area (Å²) in [6.45, 7) is 2.65. The van der Waals surface area contributed by atoms with Crippen LogP contribution in [-0.2, 0) is 17.8 Å². The first-order chi connectivity index (χ1) is 15.2. The maximum atomic E-state index is 12.5. The van der Waals surface area contributed by atoms with E-state index in [2.05, 4.69) is 12.2 Å². The number of hydrogen-bond acceptors (Lipinski definition) is 3. The van der Waals surface area contributed by atoms with Gasteiger partial charge in [-0.05, 0) is 59.9 Å². The molecule has 0 spiro atoms. The molecule has 1 amide bonds. The molecule has 1 N–H and O–H groups in total. The molecule has 4 heteroatoms. The number of hydrogen-bond donors (Lipinski definition) is 1. The zero-order valence-corrected chi connectivity index (χ0v) is 17.7. The first-order valence-corrected chi connectivity index (χ1v) is 10.5. The Morgan fingerprint density at radius 2 is 1.68 bits per heavy atom. The third kappa shape index (κ3) is 6.87. The van der Waals surface area contributed by atoms with Crippen molar-refractivity contribution < 1.29 is 9.53 Å². The normalized spacial score (nSPS) is 10.9. The molecule has 156 valence electrons. The van der Waals surface area contributed by atoms with Gasteiger partial charge in [-0.15, -0.1) is 0 Å². The van der Waals surface area contributed by atoms with Gasteiger partial charge < -0.3 is 10.1 Å². The highest BCUT2D eigenvalue weighted by molar-refractivity contribution is 6.09. The third-order valence-electron chi connectivity index (χ3n) is 4.84. The van der Waals surface area contributed by atoms with E-state index in [1.165, 1.54) is 5.56 Å². The standard InChI is InChI=1S/C27H26N2O2/c1-2-3-7-21-10-14-25(15-11-21)29-27(30)24(19-28)18-22-12-16-26(17-13-22)31-20-23-8-5-4-6-9-23/h4-6,8-18H,2-3,7,20H2,1H3,(H,29,30)/b24-18+. The molecule has 4 nitrogen and oxygen atoms in total. The number of ether oxygens (including phenoxy) is 1. The Kier molecular flexibility index (Phi) is 8.02. The van der Waals surface area contributed by atoms with Crippen molar-refractivity contribution in [1.82, 2.24) is 0 Å². The number of carbonyl (C=O) groups excluding carboxylic acids is 1. The van der Waals surface area contributed by atoms with Crippen LogP contribution in [0.5, 0.6) is 5.75 Å². The van der Waals surface area contributed by atoms with Crippen molar-refractivity contribution in [3.05, 3.63) is 101 Å². The monoisotopic (exact) mass is 410 g/mol. The van der Waals surface area contributed by atoms with Crippen LogP contribution >= 0.6 is 0 Å². The van der Waals surface area contributed by atoms with Gasteiger partial charge in [-0.25, -0.2) is 0 Å². The second-order valence-electron chi connectivity index (χ2n) is 7.27. The maximum absolute atomic E-state index is 12.5. The summed E-state index contributed by atoms with van der Waals surface area (Å²) in [6, 6.07) is 27.0. The van der Waals surface area contributed by atoms with E-state index in [-0.39, 0.29) is 5.57 Å². The molecule has 3 aromatic rings.